The first-order chi connectivity index (χ1) is 11.5. The van der Waals surface area contributed by atoms with Crippen molar-refractivity contribution in [2.45, 2.75) is 13.8 Å². The molecule has 0 radical (unpaired) electrons. The number of aryl methyl sites for hydroxylation is 3. The van der Waals surface area contributed by atoms with Crippen LogP contribution in [-0.2, 0) is 7.05 Å². The van der Waals surface area contributed by atoms with Gasteiger partial charge in [0, 0.05) is 31.2 Å². The molecule has 0 aliphatic rings. The van der Waals surface area contributed by atoms with Crippen LogP contribution >= 0.6 is 0 Å². The Morgan fingerprint density at radius 1 is 1.12 bits per heavy atom. The lowest BCUT2D eigenvalue weighted by Gasteiger charge is -2.13. The van der Waals surface area contributed by atoms with Gasteiger partial charge >= 0.3 is 0 Å². The Morgan fingerprint density at radius 2 is 1.96 bits per heavy atom. The van der Waals surface area contributed by atoms with Gasteiger partial charge in [-0.15, -0.1) is 0 Å². The Balaban J connectivity index is 1.90. The highest BCUT2D eigenvalue weighted by molar-refractivity contribution is 6.06. The lowest BCUT2D eigenvalue weighted by atomic mass is 10.2. The molecule has 0 aromatic carbocycles. The fourth-order valence-corrected chi connectivity index (χ4v) is 2.23. The standard InChI is InChI=1S/C17H18N6O/c1-11-6-8-18-10-14(11)20-13-5-4-12(2)19-16(13)17(24)21-15-7-9-23(3)22-15/h4-10,20H,1-3H3,(H,21,22,24). The molecule has 3 aromatic rings. The summed E-state index contributed by atoms with van der Waals surface area (Å²) in [4.78, 5) is 21.1. The average molecular weight is 322 g/mol. The highest BCUT2D eigenvalue weighted by Crippen LogP contribution is 2.22. The van der Waals surface area contributed by atoms with Gasteiger partial charge in [0.15, 0.2) is 11.5 Å². The van der Waals surface area contributed by atoms with Crippen molar-refractivity contribution in [2.24, 2.45) is 7.05 Å². The Bertz CT molecular complexity index is 886. The van der Waals surface area contributed by atoms with Gasteiger partial charge in [-0.3, -0.25) is 14.5 Å². The lowest BCUT2D eigenvalue weighted by molar-refractivity contribution is 0.102. The number of anilines is 3. The number of hydrogen-bond acceptors (Lipinski definition) is 5. The summed E-state index contributed by atoms with van der Waals surface area (Å²) < 4.78 is 1.62. The summed E-state index contributed by atoms with van der Waals surface area (Å²) in [6, 6.07) is 7.32. The number of carbonyl (C=O) groups is 1. The van der Waals surface area contributed by atoms with E-state index in [4.69, 9.17) is 0 Å². The van der Waals surface area contributed by atoms with Gasteiger partial charge < -0.3 is 10.6 Å². The van der Waals surface area contributed by atoms with Crippen molar-refractivity contribution in [3.05, 3.63) is 59.8 Å². The predicted octanol–water partition coefficient (Wildman–Crippen LogP) is 2.82. The Kier molecular flexibility index (Phi) is 4.24. The molecule has 3 heterocycles. The molecule has 3 aromatic heterocycles. The minimum absolute atomic E-state index is 0.309. The highest BCUT2D eigenvalue weighted by atomic mass is 16.2. The Labute approximate surface area is 139 Å². The second-order valence-electron chi connectivity index (χ2n) is 5.49. The molecule has 122 valence electrons. The number of nitrogens with zero attached hydrogens (tertiary/aromatic N) is 4. The third-order valence-corrected chi connectivity index (χ3v) is 3.51. The van der Waals surface area contributed by atoms with Gasteiger partial charge in [-0.05, 0) is 37.6 Å². The first-order valence-corrected chi connectivity index (χ1v) is 7.49. The van der Waals surface area contributed by atoms with E-state index in [1.165, 1.54) is 0 Å². The quantitative estimate of drug-likeness (QED) is 0.771. The van der Waals surface area contributed by atoms with Crippen LogP contribution < -0.4 is 10.6 Å². The number of hydrogen-bond donors (Lipinski definition) is 2. The average Bonchev–Trinajstić information content (AvgIpc) is 2.96. The molecular weight excluding hydrogens is 304 g/mol. The van der Waals surface area contributed by atoms with Gasteiger partial charge in [-0.25, -0.2) is 4.98 Å². The van der Waals surface area contributed by atoms with E-state index in [9.17, 15) is 4.79 Å². The summed E-state index contributed by atoms with van der Waals surface area (Å²) in [7, 11) is 1.79. The molecule has 0 bridgehead atoms. The number of pyridine rings is 2. The summed E-state index contributed by atoms with van der Waals surface area (Å²) >= 11 is 0. The Hall–Kier alpha value is -3.22. The van der Waals surface area contributed by atoms with Crippen molar-refractivity contribution in [1.82, 2.24) is 19.7 Å². The zero-order valence-electron chi connectivity index (χ0n) is 13.7. The van der Waals surface area contributed by atoms with Gasteiger partial charge in [0.1, 0.15) is 0 Å². The molecule has 3 rings (SSSR count). The third kappa shape index (κ3) is 3.40. The molecule has 0 aliphatic heterocycles. The van der Waals surface area contributed by atoms with Crippen molar-refractivity contribution >= 4 is 23.1 Å². The molecule has 2 N–H and O–H groups in total. The maximum absolute atomic E-state index is 12.6. The normalized spacial score (nSPS) is 10.5. The molecule has 24 heavy (non-hydrogen) atoms. The van der Waals surface area contributed by atoms with E-state index in [2.05, 4.69) is 25.7 Å². The lowest BCUT2D eigenvalue weighted by Crippen LogP contribution is -2.17. The molecule has 7 nitrogen and oxygen atoms in total. The first kappa shape index (κ1) is 15.7. The van der Waals surface area contributed by atoms with Crippen molar-refractivity contribution < 1.29 is 4.79 Å². The molecule has 0 spiro atoms. The third-order valence-electron chi connectivity index (χ3n) is 3.51. The van der Waals surface area contributed by atoms with Crippen LogP contribution in [-0.4, -0.2) is 25.7 Å². The molecule has 0 saturated heterocycles. The number of nitrogens with one attached hydrogen (secondary N) is 2. The highest BCUT2D eigenvalue weighted by Gasteiger charge is 2.16. The molecular formula is C17H18N6O. The SMILES string of the molecule is Cc1ccc(Nc2cnccc2C)c(C(=O)Nc2ccn(C)n2)n1. The summed E-state index contributed by atoms with van der Waals surface area (Å²) in [5.74, 6) is 0.163. The zero-order valence-corrected chi connectivity index (χ0v) is 13.7. The fraction of sp³-hybridized carbons (Fsp3) is 0.176. The van der Waals surface area contributed by atoms with E-state index >= 15 is 0 Å². The summed E-state index contributed by atoms with van der Waals surface area (Å²) in [5, 5.41) is 10.1. The number of amides is 1. The van der Waals surface area contributed by atoms with Crippen LogP contribution in [0.2, 0.25) is 0 Å². The largest absolute Gasteiger partial charge is 0.352 e. The zero-order chi connectivity index (χ0) is 17.1. The summed E-state index contributed by atoms with van der Waals surface area (Å²) in [5.41, 5.74) is 3.54. The van der Waals surface area contributed by atoms with E-state index in [-0.39, 0.29) is 5.91 Å². The minimum atomic E-state index is -0.318. The monoisotopic (exact) mass is 322 g/mol. The van der Waals surface area contributed by atoms with Gasteiger partial charge in [0.2, 0.25) is 0 Å². The molecule has 0 unspecified atom stereocenters. The van der Waals surface area contributed by atoms with Crippen LogP contribution in [0.15, 0.2) is 42.9 Å². The molecule has 7 heteroatoms. The van der Waals surface area contributed by atoms with Gasteiger partial charge in [-0.1, -0.05) is 0 Å². The van der Waals surface area contributed by atoms with E-state index in [0.29, 0.717) is 17.2 Å². The topological polar surface area (TPSA) is 84.7 Å². The fourth-order valence-electron chi connectivity index (χ4n) is 2.23. The van der Waals surface area contributed by atoms with Crippen molar-refractivity contribution in [1.29, 1.82) is 0 Å². The second kappa shape index (κ2) is 6.49. The van der Waals surface area contributed by atoms with Crippen molar-refractivity contribution in [3.8, 4) is 0 Å². The van der Waals surface area contributed by atoms with Crippen LogP contribution in [0.1, 0.15) is 21.7 Å². The maximum Gasteiger partial charge on any atom is 0.277 e. The molecule has 0 fully saturated rings. The molecule has 1 amide bonds. The van der Waals surface area contributed by atoms with Crippen LogP contribution in [0.25, 0.3) is 0 Å². The van der Waals surface area contributed by atoms with E-state index in [1.807, 2.05) is 32.0 Å². The number of carbonyl (C=O) groups excluding carboxylic acids is 1. The number of rotatable bonds is 4. The smallest absolute Gasteiger partial charge is 0.277 e. The van der Waals surface area contributed by atoms with Crippen LogP contribution in [0.4, 0.5) is 17.2 Å². The minimum Gasteiger partial charge on any atom is -0.352 e. The first-order valence-electron chi connectivity index (χ1n) is 7.49. The van der Waals surface area contributed by atoms with Crippen LogP contribution in [0.3, 0.4) is 0 Å². The van der Waals surface area contributed by atoms with E-state index in [0.717, 1.165) is 16.9 Å². The van der Waals surface area contributed by atoms with E-state index < -0.39 is 0 Å². The van der Waals surface area contributed by atoms with Gasteiger partial charge in [-0.2, -0.15) is 5.10 Å². The number of aromatic nitrogens is 4. The second-order valence-corrected chi connectivity index (χ2v) is 5.49. The van der Waals surface area contributed by atoms with Crippen molar-refractivity contribution in [3.63, 3.8) is 0 Å². The molecule has 0 atom stereocenters. The van der Waals surface area contributed by atoms with Crippen LogP contribution in [0.5, 0.6) is 0 Å². The van der Waals surface area contributed by atoms with Gasteiger partial charge in [0.25, 0.3) is 5.91 Å². The molecule has 0 saturated carbocycles. The predicted molar refractivity (Wildman–Crippen MR) is 92.4 cm³/mol. The van der Waals surface area contributed by atoms with Crippen molar-refractivity contribution in [2.75, 3.05) is 10.6 Å². The van der Waals surface area contributed by atoms with Crippen LogP contribution in [0, 0.1) is 13.8 Å². The van der Waals surface area contributed by atoms with Gasteiger partial charge in [0.05, 0.1) is 17.6 Å². The summed E-state index contributed by atoms with van der Waals surface area (Å²) in [6.07, 6.45) is 5.20. The Morgan fingerprint density at radius 3 is 2.67 bits per heavy atom. The molecule has 0 aliphatic carbocycles. The summed E-state index contributed by atoms with van der Waals surface area (Å²) in [6.45, 7) is 3.82. The van der Waals surface area contributed by atoms with E-state index in [1.54, 1.807) is 36.4 Å². The maximum atomic E-state index is 12.6.